The first kappa shape index (κ1) is 21.0. The Morgan fingerprint density at radius 1 is 1.31 bits per heavy atom. The number of hydrogen-bond donors (Lipinski definition) is 1. The number of carbonyl (C=O) groups is 1. The molecule has 0 bridgehead atoms. The summed E-state index contributed by atoms with van der Waals surface area (Å²) in [5, 5.41) is 0.132. The minimum absolute atomic E-state index is 0.0166. The summed E-state index contributed by atoms with van der Waals surface area (Å²) in [4.78, 5) is 29.5. The second kappa shape index (κ2) is 7.76. The standard InChI is InChI=1S/C17H29ClN6OS/c1-8-23(10(4)5)15-20-14(18)21-16(22-15)24-11(12(19)25)17(6,7)26-13(24)9(2)3/h9-11,13H,8H2,1-7H3,(H2,19,25). The van der Waals surface area contributed by atoms with Gasteiger partial charge in [-0.15, -0.1) is 11.8 Å². The largest absolute Gasteiger partial charge is 0.368 e. The van der Waals surface area contributed by atoms with Crippen molar-refractivity contribution in [1.82, 2.24) is 15.0 Å². The van der Waals surface area contributed by atoms with Crippen molar-refractivity contribution in [2.75, 3.05) is 16.3 Å². The Balaban J connectivity index is 2.59. The van der Waals surface area contributed by atoms with E-state index in [9.17, 15) is 4.79 Å². The van der Waals surface area contributed by atoms with Crippen LogP contribution in [0.3, 0.4) is 0 Å². The number of carbonyl (C=O) groups excluding carboxylic acids is 1. The maximum absolute atomic E-state index is 12.3. The van der Waals surface area contributed by atoms with Gasteiger partial charge in [-0.3, -0.25) is 4.79 Å². The first-order valence-electron chi connectivity index (χ1n) is 8.93. The lowest BCUT2D eigenvalue weighted by Crippen LogP contribution is -2.52. The number of amides is 1. The van der Waals surface area contributed by atoms with Crippen LogP contribution in [0.15, 0.2) is 0 Å². The molecule has 0 radical (unpaired) electrons. The fourth-order valence-corrected chi connectivity index (χ4v) is 5.13. The van der Waals surface area contributed by atoms with Gasteiger partial charge in [0.2, 0.25) is 23.1 Å². The van der Waals surface area contributed by atoms with E-state index in [1.54, 1.807) is 11.8 Å². The van der Waals surface area contributed by atoms with Crippen LogP contribution in [0.25, 0.3) is 0 Å². The first-order chi connectivity index (χ1) is 12.0. The van der Waals surface area contributed by atoms with Gasteiger partial charge in [0.1, 0.15) is 6.04 Å². The Kier molecular flexibility index (Phi) is 6.28. The molecular formula is C17H29ClN6OS. The van der Waals surface area contributed by atoms with Crippen molar-refractivity contribution in [3.63, 3.8) is 0 Å². The highest BCUT2D eigenvalue weighted by Gasteiger charge is 2.52. The number of nitrogens with two attached hydrogens (primary N) is 1. The molecule has 0 aliphatic carbocycles. The zero-order valence-electron chi connectivity index (χ0n) is 16.5. The molecule has 9 heteroatoms. The predicted molar refractivity (Wildman–Crippen MR) is 109 cm³/mol. The van der Waals surface area contributed by atoms with Gasteiger partial charge in [-0.1, -0.05) is 13.8 Å². The maximum atomic E-state index is 12.3. The molecule has 1 saturated heterocycles. The van der Waals surface area contributed by atoms with E-state index < -0.39 is 6.04 Å². The van der Waals surface area contributed by atoms with Crippen LogP contribution in [0.1, 0.15) is 48.5 Å². The van der Waals surface area contributed by atoms with Crippen LogP contribution in [0.5, 0.6) is 0 Å². The molecular weight excluding hydrogens is 372 g/mol. The van der Waals surface area contributed by atoms with Crippen molar-refractivity contribution in [2.45, 2.75) is 70.7 Å². The number of rotatable bonds is 6. The van der Waals surface area contributed by atoms with E-state index in [1.165, 1.54) is 0 Å². The lowest BCUT2D eigenvalue weighted by molar-refractivity contribution is -0.119. The average molecular weight is 401 g/mol. The number of anilines is 2. The molecule has 1 fully saturated rings. The summed E-state index contributed by atoms with van der Waals surface area (Å²) >= 11 is 7.94. The molecule has 2 rings (SSSR count). The van der Waals surface area contributed by atoms with Crippen molar-refractivity contribution in [3.05, 3.63) is 5.28 Å². The fourth-order valence-electron chi connectivity index (χ4n) is 3.39. The molecule has 1 amide bonds. The summed E-state index contributed by atoms with van der Waals surface area (Å²) < 4.78 is -0.359. The molecule has 1 aromatic heterocycles. The van der Waals surface area contributed by atoms with Gasteiger partial charge < -0.3 is 15.5 Å². The van der Waals surface area contributed by atoms with Crippen molar-refractivity contribution in [3.8, 4) is 0 Å². The summed E-state index contributed by atoms with van der Waals surface area (Å²) in [5.74, 6) is 0.799. The van der Waals surface area contributed by atoms with Gasteiger partial charge in [0.15, 0.2) is 0 Å². The van der Waals surface area contributed by atoms with Crippen LogP contribution < -0.4 is 15.5 Å². The Labute approximate surface area is 165 Å². The number of halogens is 1. The zero-order valence-corrected chi connectivity index (χ0v) is 18.1. The Morgan fingerprint density at radius 3 is 2.38 bits per heavy atom. The molecule has 26 heavy (non-hydrogen) atoms. The molecule has 1 aliphatic rings. The van der Waals surface area contributed by atoms with E-state index in [2.05, 4.69) is 42.6 Å². The molecule has 7 nitrogen and oxygen atoms in total. The molecule has 2 N–H and O–H groups in total. The Morgan fingerprint density at radius 2 is 1.92 bits per heavy atom. The van der Waals surface area contributed by atoms with Crippen molar-refractivity contribution < 1.29 is 4.79 Å². The third-order valence-corrected chi connectivity index (χ3v) is 6.52. The fraction of sp³-hybridized carbons (Fsp3) is 0.765. The van der Waals surface area contributed by atoms with Gasteiger partial charge >= 0.3 is 0 Å². The topological polar surface area (TPSA) is 88.2 Å². The predicted octanol–water partition coefficient (Wildman–Crippen LogP) is 2.93. The van der Waals surface area contributed by atoms with Crippen molar-refractivity contribution in [2.24, 2.45) is 11.7 Å². The van der Waals surface area contributed by atoms with Crippen LogP contribution >= 0.6 is 23.4 Å². The van der Waals surface area contributed by atoms with Crippen LogP contribution in [0, 0.1) is 5.92 Å². The zero-order chi connectivity index (χ0) is 19.8. The monoisotopic (exact) mass is 400 g/mol. The minimum atomic E-state index is -0.527. The molecule has 1 aliphatic heterocycles. The summed E-state index contributed by atoms with van der Waals surface area (Å²) in [6.45, 7) is 15.2. The van der Waals surface area contributed by atoms with Crippen molar-refractivity contribution in [1.29, 1.82) is 0 Å². The van der Waals surface area contributed by atoms with E-state index in [4.69, 9.17) is 17.3 Å². The number of primary amides is 1. The normalized spacial score (nSPS) is 22.3. The number of aromatic nitrogens is 3. The van der Waals surface area contributed by atoms with E-state index in [-0.39, 0.29) is 33.3 Å². The lowest BCUT2D eigenvalue weighted by atomic mass is 10.0. The molecule has 0 spiro atoms. The smallest absolute Gasteiger partial charge is 0.241 e. The van der Waals surface area contributed by atoms with Crippen LogP contribution in [-0.2, 0) is 4.79 Å². The summed E-state index contributed by atoms with van der Waals surface area (Å²) in [7, 11) is 0. The highest BCUT2D eigenvalue weighted by molar-refractivity contribution is 8.01. The highest BCUT2D eigenvalue weighted by Crippen LogP contribution is 2.48. The van der Waals surface area contributed by atoms with Crippen LogP contribution in [0.4, 0.5) is 11.9 Å². The summed E-state index contributed by atoms with van der Waals surface area (Å²) in [6.07, 6.45) is 0. The van der Waals surface area contributed by atoms with Gasteiger partial charge in [0.25, 0.3) is 0 Å². The molecule has 2 unspecified atom stereocenters. The van der Waals surface area contributed by atoms with E-state index in [0.29, 0.717) is 11.9 Å². The van der Waals surface area contributed by atoms with E-state index in [1.807, 2.05) is 30.6 Å². The molecule has 2 atom stereocenters. The third-order valence-electron chi connectivity index (χ3n) is 4.51. The van der Waals surface area contributed by atoms with E-state index >= 15 is 0 Å². The number of nitrogens with zero attached hydrogens (tertiary/aromatic N) is 5. The highest BCUT2D eigenvalue weighted by atomic mass is 35.5. The Hall–Kier alpha value is -1.28. The second-order valence-electron chi connectivity index (χ2n) is 7.65. The molecule has 0 saturated carbocycles. The molecule has 2 heterocycles. The molecule has 146 valence electrons. The first-order valence-corrected chi connectivity index (χ1v) is 10.2. The molecule has 0 aromatic carbocycles. The maximum Gasteiger partial charge on any atom is 0.241 e. The lowest BCUT2D eigenvalue weighted by Gasteiger charge is -2.33. The van der Waals surface area contributed by atoms with Gasteiger partial charge in [0.05, 0.1) is 5.37 Å². The summed E-state index contributed by atoms with van der Waals surface area (Å²) in [5.41, 5.74) is 5.77. The van der Waals surface area contributed by atoms with Gasteiger partial charge in [-0.25, -0.2) is 0 Å². The quantitative estimate of drug-likeness (QED) is 0.785. The van der Waals surface area contributed by atoms with Crippen LogP contribution in [0.2, 0.25) is 5.28 Å². The third kappa shape index (κ3) is 4.01. The average Bonchev–Trinajstić information content (AvgIpc) is 2.79. The SMILES string of the molecule is CCN(c1nc(Cl)nc(N2C(C(C)C)SC(C)(C)C2C(N)=O)n1)C(C)C. The number of hydrogen-bond acceptors (Lipinski definition) is 7. The van der Waals surface area contributed by atoms with Crippen LogP contribution in [-0.4, -0.2) is 49.6 Å². The van der Waals surface area contributed by atoms with Crippen molar-refractivity contribution >= 4 is 41.2 Å². The summed E-state index contributed by atoms with van der Waals surface area (Å²) in [6, 6.07) is -0.316. The second-order valence-corrected chi connectivity index (χ2v) is 9.76. The molecule has 1 aromatic rings. The Bertz CT molecular complexity index is 669. The number of thioether (sulfide) groups is 1. The minimum Gasteiger partial charge on any atom is -0.368 e. The van der Waals surface area contributed by atoms with E-state index in [0.717, 1.165) is 6.54 Å². The van der Waals surface area contributed by atoms with Gasteiger partial charge in [-0.05, 0) is 52.1 Å². The van der Waals surface area contributed by atoms with Gasteiger partial charge in [-0.2, -0.15) is 15.0 Å². The van der Waals surface area contributed by atoms with Gasteiger partial charge in [0, 0.05) is 17.3 Å².